The molecule has 0 heterocycles. The van der Waals surface area contributed by atoms with Crippen molar-refractivity contribution in [3.05, 3.63) is 94.5 Å². The van der Waals surface area contributed by atoms with Gasteiger partial charge < -0.3 is 5.11 Å². The smallest absolute Gasteiger partial charge is 0.335 e. The number of carboxylic acid groups (broad SMARTS) is 1. The van der Waals surface area contributed by atoms with Gasteiger partial charge in [0, 0.05) is 16.1 Å². The molecule has 0 aliphatic heterocycles. The summed E-state index contributed by atoms with van der Waals surface area (Å²) in [6.45, 7) is 0. The van der Waals surface area contributed by atoms with E-state index in [2.05, 4.69) is 4.72 Å². The molecule has 0 aliphatic rings. The maximum absolute atomic E-state index is 12.8. The number of carbonyl (C=O) groups excluding carboxylic acids is 1. The summed E-state index contributed by atoms with van der Waals surface area (Å²) in [7, 11) is -4.05. The van der Waals surface area contributed by atoms with Crippen molar-refractivity contribution in [3.63, 3.8) is 0 Å². The molecule has 6 nitrogen and oxygen atoms in total. The highest BCUT2D eigenvalue weighted by Gasteiger charge is 2.20. The first kappa shape index (κ1) is 19.6. The standard InChI is InChI=1S/C20H14ClNO5S/c21-15-8-11-18(17(12-15)19(23)13-4-2-1-3-5-13)22-28(26,27)16-9-6-14(7-10-16)20(24)25/h1-12,22H,(H,24,25). The van der Waals surface area contributed by atoms with Crippen LogP contribution in [0.25, 0.3) is 0 Å². The minimum atomic E-state index is -4.05. The molecule has 0 atom stereocenters. The Bertz CT molecular complexity index is 1140. The molecule has 3 aromatic rings. The molecule has 0 aliphatic carbocycles. The second kappa shape index (κ2) is 7.84. The van der Waals surface area contributed by atoms with E-state index in [1.807, 2.05) is 0 Å². The Balaban J connectivity index is 1.98. The number of anilines is 1. The van der Waals surface area contributed by atoms with Gasteiger partial charge in [-0.25, -0.2) is 13.2 Å². The molecule has 28 heavy (non-hydrogen) atoms. The maximum atomic E-state index is 12.8. The number of halogens is 1. The summed E-state index contributed by atoms with van der Waals surface area (Å²) in [4.78, 5) is 23.6. The summed E-state index contributed by atoms with van der Waals surface area (Å²) < 4.78 is 27.7. The molecule has 2 N–H and O–H groups in total. The number of benzene rings is 3. The molecule has 0 radical (unpaired) electrons. The topological polar surface area (TPSA) is 101 Å². The molecule has 0 saturated carbocycles. The minimum absolute atomic E-state index is 0.0367. The van der Waals surface area contributed by atoms with Crippen molar-refractivity contribution < 1.29 is 23.1 Å². The predicted octanol–water partition coefficient (Wildman–Crippen LogP) is 4.07. The average molecular weight is 416 g/mol. The van der Waals surface area contributed by atoms with Gasteiger partial charge >= 0.3 is 5.97 Å². The molecule has 0 fully saturated rings. The number of hydrogen-bond donors (Lipinski definition) is 2. The zero-order valence-electron chi connectivity index (χ0n) is 14.3. The van der Waals surface area contributed by atoms with Gasteiger partial charge in [-0.1, -0.05) is 41.9 Å². The van der Waals surface area contributed by atoms with Crippen molar-refractivity contribution in [2.24, 2.45) is 0 Å². The third-order valence-corrected chi connectivity index (χ3v) is 5.53. The van der Waals surface area contributed by atoms with Gasteiger partial charge in [-0.15, -0.1) is 0 Å². The van der Waals surface area contributed by atoms with E-state index in [4.69, 9.17) is 16.7 Å². The molecule has 0 unspecified atom stereocenters. The van der Waals surface area contributed by atoms with Crippen LogP contribution in [0.4, 0.5) is 5.69 Å². The van der Waals surface area contributed by atoms with E-state index in [0.717, 1.165) is 0 Å². The number of ketones is 1. The van der Waals surface area contributed by atoms with Crippen LogP contribution in [0.2, 0.25) is 5.02 Å². The molecule has 3 aromatic carbocycles. The van der Waals surface area contributed by atoms with Crippen molar-refractivity contribution in [3.8, 4) is 0 Å². The fraction of sp³-hybridized carbons (Fsp3) is 0. The van der Waals surface area contributed by atoms with Crippen LogP contribution in [0.3, 0.4) is 0 Å². The van der Waals surface area contributed by atoms with Gasteiger partial charge in [-0.3, -0.25) is 9.52 Å². The van der Waals surface area contributed by atoms with Crippen LogP contribution in [-0.2, 0) is 10.0 Å². The van der Waals surface area contributed by atoms with Crippen LogP contribution >= 0.6 is 11.6 Å². The molecule has 0 spiro atoms. The van der Waals surface area contributed by atoms with E-state index < -0.39 is 16.0 Å². The summed E-state index contributed by atoms with van der Waals surface area (Å²) >= 11 is 6.00. The lowest BCUT2D eigenvalue weighted by Gasteiger charge is -2.13. The summed E-state index contributed by atoms with van der Waals surface area (Å²) in [5, 5.41) is 9.22. The molecule has 8 heteroatoms. The molecular formula is C20H14ClNO5S. The number of sulfonamides is 1. The Kier molecular flexibility index (Phi) is 5.48. The van der Waals surface area contributed by atoms with Crippen LogP contribution < -0.4 is 4.72 Å². The Morgan fingerprint density at radius 3 is 2.11 bits per heavy atom. The number of aromatic carboxylic acids is 1. The molecular weight excluding hydrogens is 402 g/mol. The predicted molar refractivity (Wildman–Crippen MR) is 106 cm³/mol. The zero-order chi connectivity index (χ0) is 20.3. The normalized spacial score (nSPS) is 11.0. The average Bonchev–Trinajstić information content (AvgIpc) is 2.69. The number of hydrogen-bond acceptors (Lipinski definition) is 4. The quantitative estimate of drug-likeness (QED) is 0.591. The summed E-state index contributed by atoms with van der Waals surface area (Å²) in [6, 6.07) is 17.4. The molecule has 0 amide bonds. The lowest BCUT2D eigenvalue weighted by atomic mass is 10.0. The fourth-order valence-corrected chi connectivity index (χ4v) is 3.77. The lowest BCUT2D eigenvalue weighted by Crippen LogP contribution is -2.16. The van der Waals surface area contributed by atoms with Crippen LogP contribution in [-0.4, -0.2) is 25.3 Å². The molecule has 0 saturated heterocycles. The van der Waals surface area contributed by atoms with Gasteiger partial charge in [-0.05, 0) is 42.5 Å². The first-order valence-electron chi connectivity index (χ1n) is 8.03. The lowest BCUT2D eigenvalue weighted by molar-refractivity contribution is 0.0696. The van der Waals surface area contributed by atoms with E-state index in [-0.39, 0.29) is 32.5 Å². The van der Waals surface area contributed by atoms with Gasteiger partial charge in [-0.2, -0.15) is 0 Å². The largest absolute Gasteiger partial charge is 0.478 e. The highest BCUT2D eigenvalue weighted by molar-refractivity contribution is 7.92. The van der Waals surface area contributed by atoms with Crippen LogP contribution in [0.5, 0.6) is 0 Å². The van der Waals surface area contributed by atoms with E-state index in [9.17, 15) is 18.0 Å². The van der Waals surface area contributed by atoms with Crippen molar-refractivity contribution in [1.29, 1.82) is 0 Å². The fourth-order valence-electron chi connectivity index (χ4n) is 2.52. The first-order chi connectivity index (χ1) is 13.3. The number of carbonyl (C=O) groups is 2. The van der Waals surface area contributed by atoms with Gasteiger partial charge in [0.15, 0.2) is 5.78 Å². The van der Waals surface area contributed by atoms with E-state index >= 15 is 0 Å². The molecule has 3 rings (SSSR count). The SMILES string of the molecule is O=C(O)c1ccc(S(=O)(=O)Nc2ccc(Cl)cc2C(=O)c2ccccc2)cc1. The third-order valence-electron chi connectivity index (χ3n) is 3.92. The Labute approximate surface area is 166 Å². The second-order valence-electron chi connectivity index (χ2n) is 5.82. The van der Waals surface area contributed by atoms with Crippen LogP contribution in [0.1, 0.15) is 26.3 Å². The van der Waals surface area contributed by atoms with Crippen molar-refractivity contribution in [2.75, 3.05) is 4.72 Å². The molecule has 0 bridgehead atoms. The van der Waals surface area contributed by atoms with Crippen molar-refractivity contribution >= 4 is 39.1 Å². The zero-order valence-corrected chi connectivity index (χ0v) is 15.9. The number of nitrogens with one attached hydrogen (secondary N) is 1. The third kappa shape index (κ3) is 4.21. The second-order valence-corrected chi connectivity index (χ2v) is 7.94. The van der Waals surface area contributed by atoms with E-state index in [1.165, 1.54) is 42.5 Å². The molecule has 0 aromatic heterocycles. The van der Waals surface area contributed by atoms with Crippen LogP contribution in [0, 0.1) is 0 Å². The van der Waals surface area contributed by atoms with E-state index in [0.29, 0.717) is 5.56 Å². The Morgan fingerprint density at radius 1 is 0.857 bits per heavy atom. The summed E-state index contributed by atoms with van der Waals surface area (Å²) in [6.07, 6.45) is 0. The number of rotatable bonds is 6. The monoisotopic (exact) mass is 415 g/mol. The van der Waals surface area contributed by atoms with Gasteiger partial charge in [0.05, 0.1) is 16.1 Å². The highest BCUT2D eigenvalue weighted by atomic mass is 35.5. The highest BCUT2D eigenvalue weighted by Crippen LogP contribution is 2.26. The van der Waals surface area contributed by atoms with Crippen LogP contribution in [0.15, 0.2) is 77.7 Å². The summed E-state index contributed by atoms with van der Waals surface area (Å²) in [5.74, 6) is -1.55. The number of carboxylic acids is 1. The van der Waals surface area contributed by atoms with Crippen molar-refractivity contribution in [2.45, 2.75) is 4.90 Å². The van der Waals surface area contributed by atoms with Gasteiger partial charge in [0.1, 0.15) is 0 Å². The van der Waals surface area contributed by atoms with Gasteiger partial charge in [0.2, 0.25) is 0 Å². The van der Waals surface area contributed by atoms with Gasteiger partial charge in [0.25, 0.3) is 10.0 Å². The minimum Gasteiger partial charge on any atom is -0.478 e. The maximum Gasteiger partial charge on any atom is 0.335 e. The Hall–Kier alpha value is -3.16. The van der Waals surface area contributed by atoms with E-state index in [1.54, 1.807) is 30.3 Å². The summed E-state index contributed by atoms with van der Waals surface area (Å²) in [5.41, 5.74) is 0.520. The van der Waals surface area contributed by atoms with Crippen molar-refractivity contribution in [1.82, 2.24) is 0 Å². The first-order valence-corrected chi connectivity index (χ1v) is 9.89. The molecule has 142 valence electrons. The Morgan fingerprint density at radius 2 is 1.50 bits per heavy atom.